The Balaban J connectivity index is 1.74. The van der Waals surface area contributed by atoms with Gasteiger partial charge in [-0.15, -0.1) is 0 Å². The molecule has 0 aliphatic heterocycles. The van der Waals surface area contributed by atoms with Gasteiger partial charge in [0.1, 0.15) is 5.82 Å². The van der Waals surface area contributed by atoms with Gasteiger partial charge in [-0.05, 0) is 35.7 Å². The molecular weight excluding hydrogens is 412 g/mol. The zero-order chi connectivity index (χ0) is 21.0. The Morgan fingerprint density at radius 1 is 1.07 bits per heavy atom. The van der Waals surface area contributed by atoms with Crippen LogP contribution in [0.5, 0.6) is 0 Å². The van der Waals surface area contributed by atoms with Gasteiger partial charge in [0.05, 0.1) is 10.6 Å². The van der Waals surface area contributed by atoms with Crippen molar-refractivity contribution in [2.45, 2.75) is 17.9 Å². The molecule has 2 aromatic carbocycles. The molecule has 8 nitrogen and oxygen atoms in total. The summed E-state index contributed by atoms with van der Waals surface area (Å²) in [4.78, 5) is 8.59. The van der Waals surface area contributed by atoms with Crippen LogP contribution >= 0.6 is 11.6 Å². The fourth-order valence-corrected chi connectivity index (χ4v) is 3.65. The summed E-state index contributed by atoms with van der Waals surface area (Å²) in [5.74, 6) is 0.696. The molecule has 0 radical (unpaired) electrons. The monoisotopic (exact) mass is 432 g/mol. The topological polar surface area (TPSA) is 150 Å². The molecule has 0 aliphatic rings. The van der Waals surface area contributed by atoms with Gasteiger partial charge in [-0.25, -0.2) is 18.5 Å². The van der Waals surface area contributed by atoms with Crippen LogP contribution in [0.25, 0.3) is 11.3 Å². The maximum Gasteiger partial charge on any atom is 0.238 e. The van der Waals surface area contributed by atoms with Crippen molar-refractivity contribution in [2.24, 2.45) is 10.9 Å². The molecule has 0 bridgehead atoms. The van der Waals surface area contributed by atoms with Gasteiger partial charge in [0, 0.05) is 29.7 Å². The lowest BCUT2D eigenvalue weighted by Gasteiger charge is -2.12. The lowest BCUT2D eigenvalue weighted by molar-refractivity contribution is 0.598. The summed E-state index contributed by atoms with van der Waals surface area (Å²) in [6, 6.07) is 13.7. The van der Waals surface area contributed by atoms with Crippen LogP contribution in [0.15, 0.2) is 53.4 Å². The predicted molar refractivity (Wildman–Crippen MR) is 115 cm³/mol. The Morgan fingerprint density at radius 3 is 2.45 bits per heavy atom. The first kappa shape index (κ1) is 21.0. The number of hydrogen-bond acceptors (Lipinski definition) is 7. The average Bonchev–Trinajstić information content (AvgIpc) is 2.67. The van der Waals surface area contributed by atoms with E-state index < -0.39 is 10.0 Å². The van der Waals surface area contributed by atoms with E-state index in [9.17, 15) is 8.42 Å². The van der Waals surface area contributed by atoms with E-state index in [1.807, 2.05) is 12.1 Å². The number of nitrogens with one attached hydrogen (secondary N) is 1. The Labute approximate surface area is 174 Å². The molecule has 0 aliphatic carbocycles. The van der Waals surface area contributed by atoms with E-state index in [2.05, 4.69) is 15.3 Å². The third-order valence-corrected chi connectivity index (χ3v) is 5.60. The molecule has 0 spiro atoms. The van der Waals surface area contributed by atoms with Crippen molar-refractivity contribution in [3.05, 3.63) is 64.7 Å². The van der Waals surface area contributed by atoms with E-state index in [1.165, 1.54) is 12.1 Å². The third-order valence-electron chi connectivity index (χ3n) is 4.31. The van der Waals surface area contributed by atoms with Gasteiger partial charge >= 0.3 is 0 Å². The zero-order valence-electron chi connectivity index (χ0n) is 15.5. The fourth-order valence-electron chi connectivity index (χ4n) is 2.88. The molecule has 0 atom stereocenters. The van der Waals surface area contributed by atoms with Crippen LogP contribution in [-0.4, -0.2) is 24.9 Å². The highest BCUT2D eigenvalue weighted by Crippen LogP contribution is 2.29. The normalized spacial score (nSPS) is 11.4. The van der Waals surface area contributed by atoms with Gasteiger partial charge in [-0.2, -0.15) is 4.98 Å². The van der Waals surface area contributed by atoms with Gasteiger partial charge in [0.2, 0.25) is 16.0 Å². The minimum atomic E-state index is -3.69. The molecule has 3 aromatic rings. The Hall–Kier alpha value is -2.72. The summed E-state index contributed by atoms with van der Waals surface area (Å²) in [5, 5.41) is 8.88. The fraction of sp³-hybridized carbons (Fsp3) is 0.158. The van der Waals surface area contributed by atoms with Gasteiger partial charge in [0.15, 0.2) is 0 Å². The van der Waals surface area contributed by atoms with E-state index in [0.717, 1.165) is 16.7 Å². The van der Waals surface area contributed by atoms with E-state index in [-0.39, 0.29) is 17.4 Å². The standard InChI is InChI=1S/C19H21ClN6O2S/c20-16-3-1-2-14(15(16)11-21)17-10-18(26-19(22)25-17)24-9-8-12-4-6-13(7-5-12)29(23,27)28/h1-7,10H,8-9,11,21H2,(H2,23,27,28)(H3,22,24,25,26). The van der Waals surface area contributed by atoms with E-state index in [0.29, 0.717) is 29.5 Å². The molecule has 3 rings (SSSR count). The summed E-state index contributed by atoms with van der Waals surface area (Å²) >= 11 is 6.23. The second kappa shape index (κ2) is 8.75. The second-order valence-corrected chi connectivity index (χ2v) is 8.30. The maximum absolute atomic E-state index is 11.3. The number of rotatable bonds is 7. The minimum Gasteiger partial charge on any atom is -0.370 e. The minimum absolute atomic E-state index is 0.0830. The van der Waals surface area contributed by atoms with Crippen molar-refractivity contribution in [3.8, 4) is 11.3 Å². The van der Waals surface area contributed by atoms with Crippen LogP contribution in [0, 0.1) is 0 Å². The van der Waals surface area contributed by atoms with Crippen molar-refractivity contribution < 1.29 is 8.42 Å². The summed E-state index contributed by atoms with van der Waals surface area (Å²) in [6.45, 7) is 0.833. The number of hydrogen-bond donors (Lipinski definition) is 4. The molecule has 10 heteroatoms. The van der Waals surface area contributed by atoms with Crippen molar-refractivity contribution in [2.75, 3.05) is 17.6 Å². The number of nitrogens with zero attached hydrogens (tertiary/aromatic N) is 2. The molecule has 0 saturated carbocycles. The summed E-state index contributed by atoms with van der Waals surface area (Å²) in [7, 11) is -3.69. The molecule has 1 heterocycles. The molecule has 0 amide bonds. The van der Waals surface area contributed by atoms with Crippen LogP contribution in [0.3, 0.4) is 0 Å². The van der Waals surface area contributed by atoms with Gasteiger partial charge in [0.25, 0.3) is 0 Å². The van der Waals surface area contributed by atoms with Crippen LogP contribution in [0.1, 0.15) is 11.1 Å². The third kappa shape index (κ3) is 5.21. The number of nitrogen functional groups attached to an aromatic ring is 1. The molecular formula is C19H21ClN6O2S. The van der Waals surface area contributed by atoms with Gasteiger partial charge < -0.3 is 16.8 Å². The molecule has 0 saturated heterocycles. The highest BCUT2D eigenvalue weighted by atomic mass is 35.5. The number of anilines is 2. The smallest absolute Gasteiger partial charge is 0.238 e. The Morgan fingerprint density at radius 2 is 1.79 bits per heavy atom. The number of primary sulfonamides is 1. The molecule has 29 heavy (non-hydrogen) atoms. The average molecular weight is 433 g/mol. The van der Waals surface area contributed by atoms with E-state index >= 15 is 0 Å². The first-order valence-corrected chi connectivity index (χ1v) is 10.7. The Bertz CT molecular complexity index is 1120. The highest BCUT2D eigenvalue weighted by molar-refractivity contribution is 7.89. The van der Waals surface area contributed by atoms with Crippen LogP contribution in [0.4, 0.5) is 11.8 Å². The number of nitrogens with two attached hydrogens (primary N) is 3. The molecule has 7 N–H and O–H groups in total. The van der Waals surface area contributed by atoms with Crippen molar-refractivity contribution in [1.29, 1.82) is 0 Å². The quantitative estimate of drug-likeness (QED) is 0.446. The SMILES string of the molecule is NCc1c(Cl)cccc1-c1cc(NCCc2ccc(S(N)(=O)=O)cc2)nc(N)n1. The molecule has 152 valence electrons. The summed E-state index contributed by atoms with van der Waals surface area (Å²) in [6.07, 6.45) is 0.648. The lowest BCUT2D eigenvalue weighted by Crippen LogP contribution is -2.12. The first-order valence-electron chi connectivity index (χ1n) is 8.76. The maximum atomic E-state index is 11.3. The number of halogens is 1. The van der Waals surface area contributed by atoms with Gasteiger partial charge in [-0.3, -0.25) is 0 Å². The molecule has 1 aromatic heterocycles. The predicted octanol–water partition coefficient (Wildman–Crippen LogP) is 2.14. The molecule has 0 unspecified atom stereocenters. The van der Waals surface area contributed by atoms with E-state index in [4.69, 9.17) is 28.2 Å². The highest BCUT2D eigenvalue weighted by Gasteiger charge is 2.11. The zero-order valence-corrected chi connectivity index (χ0v) is 17.0. The second-order valence-electron chi connectivity index (χ2n) is 6.33. The largest absolute Gasteiger partial charge is 0.370 e. The molecule has 0 fully saturated rings. The first-order chi connectivity index (χ1) is 13.8. The number of sulfonamides is 1. The van der Waals surface area contributed by atoms with E-state index in [1.54, 1.807) is 24.3 Å². The van der Waals surface area contributed by atoms with Crippen LogP contribution < -0.4 is 21.9 Å². The van der Waals surface area contributed by atoms with Crippen molar-refractivity contribution >= 4 is 33.4 Å². The number of aromatic nitrogens is 2. The van der Waals surface area contributed by atoms with Crippen LogP contribution in [-0.2, 0) is 23.0 Å². The summed E-state index contributed by atoms with van der Waals surface area (Å²) < 4.78 is 22.6. The summed E-state index contributed by atoms with van der Waals surface area (Å²) in [5.41, 5.74) is 14.9. The van der Waals surface area contributed by atoms with Crippen molar-refractivity contribution in [1.82, 2.24) is 9.97 Å². The van der Waals surface area contributed by atoms with Gasteiger partial charge in [-0.1, -0.05) is 35.9 Å². The Kier molecular flexibility index (Phi) is 6.33. The van der Waals surface area contributed by atoms with Crippen LogP contribution in [0.2, 0.25) is 5.02 Å². The van der Waals surface area contributed by atoms with Crippen molar-refractivity contribution in [3.63, 3.8) is 0 Å². The lowest BCUT2D eigenvalue weighted by atomic mass is 10.0. The number of benzene rings is 2.